The molecule has 1 aromatic carbocycles. The minimum Gasteiger partial charge on any atom is -0.394 e. The van der Waals surface area contributed by atoms with Gasteiger partial charge in [0.1, 0.15) is 17.4 Å². The largest absolute Gasteiger partial charge is 0.394 e. The molecule has 92 valence electrons. The molecule has 1 aromatic heterocycles. The van der Waals surface area contributed by atoms with E-state index in [1.807, 2.05) is 6.07 Å². The van der Waals surface area contributed by atoms with Crippen LogP contribution in [0.25, 0.3) is 0 Å². The number of benzene rings is 1. The highest BCUT2D eigenvalue weighted by Crippen LogP contribution is 2.22. The average molecular weight is 246 g/mol. The summed E-state index contributed by atoms with van der Waals surface area (Å²) in [5.41, 5.74) is 0.985. The van der Waals surface area contributed by atoms with Crippen LogP contribution in [0.1, 0.15) is 5.56 Å². The molecule has 0 unspecified atom stereocenters. The summed E-state index contributed by atoms with van der Waals surface area (Å²) in [6.07, 6.45) is 3.21. The average Bonchev–Trinajstić information content (AvgIpc) is 2.77. The Morgan fingerprint density at radius 2 is 2.33 bits per heavy atom. The number of rotatable bonds is 4. The first-order chi connectivity index (χ1) is 8.74. The highest BCUT2D eigenvalue weighted by molar-refractivity contribution is 5.65. The van der Waals surface area contributed by atoms with Gasteiger partial charge in [-0.05, 0) is 12.1 Å². The van der Waals surface area contributed by atoms with Gasteiger partial charge in [0.05, 0.1) is 30.7 Å². The summed E-state index contributed by atoms with van der Waals surface area (Å²) in [5, 5.41) is 24.6. The topological polar surface area (TPSA) is 73.9 Å². The summed E-state index contributed by atoms with van der Waals surface area (Å²) in [5.74, 6) is -0.565. The Kier molecular flexibility index (Phi) is 3.55. The van der Waals surface area contributed by atoms with Crippen molar-refractivity contribution in [2.45, 2.75) is 6.54 Å². The molecule has 0 amide bonds. The second-order valence-electron chi connectivity index (χ2n) is 3.61. The molecule has 0 spiro atoms. The number of aliphatic hydroxyl groups is 1. The Labute approximate surface area is 103 Å². The number of aliphatic hydroxyl groups excluding tert-OH is 1. The van der Waals surface area contributed by atoms with Crippen LogP contribution in [0.3, 0.4) is 0 Å². The summed E-state index contributed by atoms with van der Waals surface area (Å²) < 4.78 is 14.9. The molecule has 2 N–H and O–H groups in total. The Morgan fingerprint density at radius 3 is 3.06 bits per heavy atom. The Hall–Kier alpha value is -2.39. The maximum absolute atomic E-state index is 13.4. The zero-order valence-corrected chi connectivity index (χ0v) is 9.47. The first kappa shape index (κ1) is 12.1. The first-order valence-corrected chi connectivity index (χ1v) is 5.33. The molecule has 5 nitrogen and oxygen atoms in total. The molecule has 0 saturated carbocycles. The van der Waals surface area contributed by atoms with E-state index in [4.69, 9.17) is 10.4 Å². The number of nitriles is 1. The van der Waals surface area contributed by atoms with E-state index < -0.39 is 5.82 Å². The Balaban J connectivity index is 2.23. The molecule has 18 heavy (non-hydrogen) atoms. The zero-order chi connectivity index (χ0) is 13.0. The second-order valence-corrected chi connectivity index (χ2v) is 3.61. The molecule has 0 aliphatic rings. The molecule has 0 saturated heterocycles. The fourth-order valence-corrected chi connectivity index (χ4v) is 1.55. The predicted octanol–water partition coefficient (Wildman–Crippen LogP) is 1.63. The number of hydrogen-bond donors (Lipinski definition) is 2. The quantitative estimate of drug-likeness (QED) is 0.859. The van der Waals surface area contributed by atoms with Gasteiger partial charge in [0.2, 0.25) is 0 Å². The molecule has 2 aromatic rings. The Bertz CT molecular complexity index is 588. The van der Waals surface area contributed by atoms with Gasteiger partial charge in [-0.25, -0.2) is 4.39 Å². The zero-order valence-electron chi connectivity index (χ0n) is 9.47. The maximum atomic E-state index is 13.4. The van der Waals surface area contributed by atoms with Crippen LogP contribution >= 0.6 is 0 Å². The molecule has 2 rings (SSSR count). The van der Waals surface area contributed by atoms with E-state index in [2.05, 4.69) is 10.4 Å². The second kappa shape index (κ2) is 5.29. The van der Waals surface area contributed by atoms with E-state index in [1.165, 1.54) is 12.1 Å². The van der Waals surface area contributed by atoms with Crippen molar-refractivity contribution < 1.29 is 9.50 Å². The number of hydrogen-bond acceptors (Lipinski definition) is 4. The van der Waals surface area contributed by atoms with E-state index in [-0.39, 0.29) is 12.2 Å². The van der Waals surface area contributed by atoms with Gasteiger partial charge in [-0.2, -0.15) is 10.4 Å². The van der Waals surface area contributed by atoms with Crippen molar-refractivity contribution >= 4 is 11.4 Å². The SMILES string of the molecule is N#Cc1c(F)cccc1Nc1cnn(CCO)c1. The highest BCUT2D eigenvalue weighted by Gasteiger charge is 2.08. The molecule has 1 heterocycles. The van der Waals surface area contributed by atoms with Gasteiger partial charge in [0.15, 0.2) is 0 Å². The van der Waals surface area contributed by atoms with Gasteiger partial charge >= 0.3 is 0 Å². The van der Waals surface area contributed by atoms with E-state index in [0.29, 0.717) is 17.9 Å². The van der Waals surface area contributed by atoms with E-state index in [0.717, 1.165) is 0 Å². The summed E-state index contributed by atoms with van der Waals surface area (Å²) >= 11 is 0. The van der Waals surface area contributed by atoms with Crippen molar-refractivity contribution in [3.63, 3.8) is 0 Å². The standard InChI is InChI=1S/C12H11FN4O/c13-11-2-1-3-12(10(11)6-14)16-9-7-15-17(8-9)4-5-18/h1-3,7-8,16,18H,4-5H2. The number of nitrogens with zero attached hydrogens (tertiary/aromatic N) is 3. The molecule has 0 fully saturated rings. The van der Waals surface area contributed by atoms with Crippen LogP contribution in [0, 0.1) is 17.1 Å². The third kappa shape index (κ3) is 2.47. The number of anilines is 2. The first-order valence-electron chi connectivity index (χ1n) is 5.33. The molecule has 0 aliphatic carbocycles. The monoisotopic (exact) mass is 246 g/mol. The van der Waals surface area contributed by atoms with Crippen LogP contribution < -0.4 is 5.32 Å². The lowest BCUT2D eigenvalue weighted by atomic mass is 10.2. The Morgan fingerprint density at radius 1 is 1.50 bits per heavy atom. The molecular weight excluding hydrogens is 235 g/mol. The minimum absolute atomic E-state index is 0.00939. The predicted molar refractivity (Wildman–Crippen MR) is 63.7 cm³/mol. The number of halogens is 1. The van der Waals surface area contributed by atoms with Gasteiger partial charge < -0.3 is 10.4 Å². The van der Waals surface area contributed by atoms with Crippen molar-refractivity contribution in [1.82, 2.24) is 9.78 Å². The molecule has 0 aliphatic heterocycles. The third-order valence-corrected chi connectivity index (χ3v) is 2.37. The fraction of sp³-hybridized carbons (Fsp3) is 0.167. The van der Waals surface area contributed by atoms with Crippen LogP contribution in [0.2, 0.25) is 0 Å². The minimum atomic E-state index is -0.565. The van der Waals surface area contributed by atoms with Crippen LogP contribution in [-0.4, -0.2) is 21.5 Å². The molecular formula is C12H11FN4O. The van der Waals surface area contributed by atoms with Gasteiger partial charge in [-0.1, -0.05) is 6.07 Å². The van der Waals surface area contributed by atoms with Crippen molar-refractivity contribution in [2.24, 2.45) is 0 Å². The van der Waals surface area contributed by atoms with Crippen molar-refractivity contribution in [2.75, 3.05) is 11.9 Å². The summed E-state index contributed by atoms with van der Waals surface area (Å²) in [6, 6.07) is 6.19. The van der Waals surface area contributed by atoms with E-state index in [1.54, 1.807) is 23.1 Å². The van der Waals surface area contributed by atoms with Crippen LogP contribution in [0.4, 0.5) is 15.8 Å². The van der Waals surface area contributed by atoms with Gasteiger partial charge in [0.25, 0.3) is 0 Å². The van der Waals surface area contributed by atoms with Gasteiger partial charge in [-0.15, -0.1) is 0 Å². The summed E-state index contributed by atoms with van der Waals surface area (Å²) in [4.78, 5) is 0. The summed E-state index contributed by atoms with van der Waals surface area (Å²) in [6.45, 7) is 0.375. The van der Waals surface area contributed by atoms with Crippen LogP contribution in [-0.2, 0) is 6.54 Å². The lowest BCUT2D eigenvalue weighted by molar-refractivity contribution is 0.269. The lowest BCUT2D eigenvalue weighted by Crippen LogP contribution is -2.01. The lowest BCUT2D eigenvalue weighted by Gasteiger charge is -2.05. The van der Waals surface area contributed by atoms with Crippen molar-refractivity contribution in [1.29, 1.82) is 5.26 Å². The maximum Gasteiger partial charge on any atom is 0.143 e. The van der Waals surface area contributed by atoms with Crippen LogP contribution in [0.15, 0.2) is 30.6 Å². The van der Waals surface area contributed by atoms with Gasteiger partial charge in [-0.3, -0.25) is 4.68 Å². The van der Waals surface area contributed by atoms with E-state index >= 15 is 0 Å². The molecule has 0 bridgehead atoms. The highest BCUT2D eigenvalue weighted by atomic mass is 19.1. The summed E-state index contributed by atoms with van der Waals surface area (Å²) in [7, 11) is 0. The number of aromatic nitrogens is 2. The normalized spacial score (nSPS) is 10.1. The van der Waals surface area contributed by atoms with Crippen molar-refractivity contribution in [3.8, 4) is 6.07 Å². The molecule has 0 atom stereocenters. The third-order valence-electron chi connectivity index (χ3n) is 2.37. The molecule has 6 heteroatoms. The molecule has 0 radical (unpaired) electrons. The van der Waals surface area contributed by atoms with Crippen LogP contribution in [0.5, 0.6) is 0 Å². The van der Waals surface area contributed by atoms with Gasteiger partial charge in [0, 0.05) is 6.20 Å². The number of nitrogens with one attached hydrogen (secondary N) is 1. The smallest absolute Gasteiger partial charge is 0.143 e. The fourth-order valence-electron chi connectivity index (χ4n) is 1.55. The van der Waals surface area contributed by atoms with E-state index in [9.17, 15) is 4.39 Å². The van der Waals surface area contributed by atoms with Crippen molar-refractivity contribution in [3.05, 3.63) is 42.0 Å².